The molecule has 0 aliphatic carbocycles. The first-order valence-corrected chi connectivity index (χ1v) is 6.85. The molecule has 15 heavy (non-hydrogen) atoms. The molecule has 0 spiro atoms. The molecule has 0 fully saturated rings. The summed E-state index contributed by atoms with van der Waals surface area (Å²) >= 11 is 0.582. The van der Waals surface area contributed by atoms with Crippen LogP contribution in [-0.2, 0) is 6.42 Å². The van der Waals surface area contributed by atoms with Crippen molar-refractivity contribution in [1.82, 2.24) is 4.98 Å². The van der Waals surface area contributed by atoms with Crippen molar-refractivity contribution in [3.63, 3.8) is 0 Å². The number of hydrogen-bond acceptors (Lipinski definition) is 0. The summed E-state index contributed by atoms with van der Waals surface area (Å²) in [7, 11) is 0. The van der Waals surface area contributed by atoms with Crippen molar-refractivity contribution in [1.29, 1.82) is 0 Å². The van der Waals surface area contributed by atoms with Gasteiger partial charge in [0, 0.05) is 0 Å². The molecule has 0 saturated heterocycles. The van der Waals surface area contributed by atoms with Crippen LogP contribution in [0.3, 0.4) is 0 Å². The summed E-state index contributed by atoms with van der Waals surface area (Å²) in [6.07, 6.45) is 3.23. The summed E-state index contributed by atoms with van der Waals surface area (Å²) in [5, 5.41) is 1.36. The molecule has 2 heteroatoms. The summed E-state index contributed by atoms with van der Waals surface area (Å²) in [5.41, 5.74) is 2.66. The van der Waals surface area contributed by atoms with Gasteiger partial charge < -0.3 is 0 Å². The Balaban J connectivity index is 2.05. The summed E-state index contributed by atoms with van der Waals surface area (Å²) in [5.74, 6) is 0. The van der Waals surface area contributed by atoms with Gasteiger partial charge in [0.25, 0.3) is 0 Å². The van der Waals surface area contributed by atoms with Gasteiger partial charge in [0.15, 0.2) is 0 Å². The van der Waals surface area contributed by atoms with Gasteiger partial charge in [-0.2, -0.15) is 0 Å². The molecule has 0 aliphatic rings. The SMILES string of the molecule is c1c[se]c(Cc2c[nH]c3ccccc23)c1. The Labute approximate surface area is 94.5 Å². The van der Waals surface area contributed by atoms with Crippen LogP contribution in [0.15, 0.2) is 47.5 Å². The molecular formula is C13H11NSe. The van der Waals surface area contributed by atoms with Gasteiger partial charge in [-0.25, -0.2) is 0 Å². The van der Waals surface area contributed by atoms with Gasteiger partial charge in [-0.15, -0.1) is 0 Å². The average molecular weight is 260 g/mol. The number of nitrogens with one attached hydrogen (secondary N) is 1. The maximum atomic E-state index is 3.32. The summed E-state index contributed by atoms with van der Waals surface area (Å²) in [6.45, 7) is 0. The average Bonchev–Trinajstić information content (AvgIpc) is 2.89. The number of fused-ring (bicyclic) bond motifs is 1. The number of aromatic nitrogens is 1. The fourth-order valence-electron chi connectivity index (χ4n) is 1.88. The minimum absolute atomic E-state index is 0.582. The van der Waals surface area contributed by atoms with Crippen molar-refractivity contribution in [2.24, 2.45) is 0 Å². The van der Waals surface area contributed by atoms with Crippen LogP contribution < -0.4 is 0 Å². The van der Waals surface area contributed by atoms with Crippen molar-refractivity contribution in [3.05, 3.63) is 57.5 Å². The Kier molecular flexibility index (Phi) is 2.24. The zero-order valence-corrected chi connectivity index (χ0v) is 9.95. The van der Waals surface area contributed by atoms with E-state index < -0.39 is 0 Å². The molecule has 0 radical (unpaired) electrons. The Bertz CT molecular complexity index is 563. The van der Waals surface area contributed by atoms with Gasteiger partial charge in [0.05, 0.1) is 0 Å². The second kappa shape index (κ2) is 3.73. The second-order valence-electron chi connectivity index (χ2n) is 3.62. The molecule has 0 bridgehead atoms. The fraction of sp³-hybridized carbons (Fsp3) is 0.0769. The van der Waals surface area contributed by atoms with Crippen molar-refractivity contribution in [2.45, 2.75) is 6.42 Å². The Morgan fingerprint density at radius 2 is 2.00 bits per heavy atom. The molecule has 1 aromatic carbocycles. The first-order valence-electron chi connectivity index (χ1n) is 5.01. The van der Waals surface area contributed by atoms with Gasteiger partial charge in [0.1, 0.15) is 0 Å². The van der Waals surface area contributed by atoms with E-state index in [9.17, 15) is 0 Å². The molecule has 1 N–H and O–H groups in total. The molecular weight excluding hydrogens is 249 g/mol. The predicted octanol–water partition coefficient (Wildman–Crippen LogP) is 2.82. The molecule has 0 aliphatic heterocycles. The zero-order valence-electron chi connectivity index (χ0n) is 8.23. The maximum absolute atomic E-state index is 3.32. The van der Waals surface area contributed by atoms with Crippen LogP contribution in [0.1, 0.15) is 10.0 Å². The Morgan fingerprint density at radius 1 is 1.07 bits per heavy atom. The number of rotatable bonds is 2. The van der Waals surface area contributed by atoms with Crippen molar-refractivity contribution in [3.8, 4) is 0 Å². The quantitative estimate of drug-likeness (QED) is 0.682. The van der Waals surface area contributed by atoms with E-state index in [2.05, 4.69) is 52.5 Å². The van der Waals surface area contributed by atoms with Crippen molar-refractivity contribution < 1.29 is 0 Å². The third-order valence-corrected chi connectivity index (χ3v) is 4.46. The number of H-pyrrole nitrogens is 1. The van der Waals surface area contributed by atoms with E-state index in [1.165, 1.54) is 16.5 Å². The Morgan fingerprint density at radius 3 is 2.87 bits per heavy atom. The van der Waals surface area contributed by atoms with Gasteiger partial charge in [-0.05, 0) is 0 Å². The standard InChI is InChI=1S/C13H11NSe/c1-2-6-13-12(5-1)10(9-14-13)8-11-4-3-7-15-11/h1-7,9,14H,8H2. The van der Waals surface area contributed by atoms with Crippen molar-refractivity contribution >= 4 is 25.4 Å². The third kappa shape index (κ3) is 1.67. The van der Waals surface area contributed by atoms with Gasteiger partial charge in [-0.1, -0.05) is 0 Å². The van der Waals surface area contributed by atoms with Crippen LogP contribution in [0.5, 0.6) is 0 Å². The summed E-state index contributed by atoms with van der Waals surface area (Å²) < 4.78 is 1.56. The first-order chi connectivity index (χ1) is 7.43. The molecule has 3 aromatic rings. The molecule has 0 unspecified atom stereocenters. The van der Waals surface area contributed by atoms with Gasteiger partial charge >= 0.3 is 94.3 Å². The number of benzene rings is 1. The topological polar surface area (TPSA) is 15.8 Å². The van der Waals surface area contributed by atoms with Crippen LogP contribution in [0, 0.1) is 0 Å². The van der Waals surface area contributed by atoms with E-state index in [4.69, 9.17) is 0 Å². The van der Waals surface area contributed by atoms with Crippen LogP contribution in [-0.4, -0.2) is 19.5 Å². The Hall–Kier alpha value is -1.24. The molecule has 2 aromatic heterocycles. The zero-order chi connectivity index (χ0) is 10.1. The molecule has 0 amide bonds. The summed E-state index contributed by atoms with van der Waals surface area (Å²) in [4.78, 5) is 5.60. The number of aromatic amines is 1. The van der Waals surface area contributed by atoms with Crippen LogP contribution in [0.2, 0.25) is 0 Å². The summed E-state index contributed by atoms with van der Waals surface area (Å²) in [6, 6.07) is 12.9. The van der Waals surface area contributed by atoms with Gasteiger partial charge in [-0.3, -0.25) is 0 Å². The van der Waals surface area contributed by atoms with Gasteiger partial charge in [0.2, 0.25) is 0 Å². The molecule has 74 valence electrons. The molecule has 1 nitrogen and oxygen atoms in total. The first kappa shape index (κ1) is 9.02. The third-order valence-electron chi connectivity index (χ3n) is 2.62. The molecule has 3 rings (SSSR count). The van der Waals surface area contributed by atoms with E-state index in [0.717, 1.165) is 6.42 Å². The van der Waals surface area contributed by atoms with E-state index in [1.807, 2.05) is 0 Å². The van der Waals surface area contributed by atoms with Crippen LogP contribution in [0.25, 0.3) is 10.9 Å². The predicted molar refractivity (Wildman–Crippen MR) is 64.5 cm³/mol. The number of para-hydroxylation sites is 1. The van der Waals surface area contributed by atoms with E-state index in [0.29, 0.717) is 14.5 Å². The van der Waals surface area contributed by atoms with E-state index in [1.54, 1.807) is 4.44 Å². The second-order valence-corrected chi connectivity index (χ2v) is 5.78. The van der Waals surface area contributed by atoms with E-state index >= 15 is 0 Å². The van der Waals surface area contributed by atoms with E-state index in [-0.39, 0.29) is 0 Å². The molecule has 0 saturated carbocycles. The number of hydrogen-bond donors (Lipinski definition) is 1. The minimum atomic E-state index is 0.582. The normalized spacial score (nSPS) is 10.9. The fourth-order valence-corrected chi connectivity index (χ4v) is 3.41. The van der Waals surface area contributed by atoms with Crippen LogP contribution in [0.4, 0.5) is 0 Å². The molecule has 2 heterocycles. The monoisotopic (exact) mass is 261 g/mol. The van der Waals surface area contributed by atoms with Crippen molar-refractivity contribution in [2.75, 3.05) is 0 Å². The molecule has 0 atom stereocenters. The van der Waals surface area contributed by atoms with Crippen LogP contribution >= 0.6 is 0 Å².